The zero-order chi connectivity index (χ0) is 8.57. The van der Waals surface area contributed by atoms with Gasteiger partial charge in [0.05, 0.1) is 0 Å². The van der Waals surface area contributed by atoms with Crippen LogP contribution in [0.5, 0.6) is 0 Å². The third kappa shape index (κ3) is 42.1. The summed E-state index contributed by atoms with van der Waals surface area (Å²) >= 11 is 0. The maximum absolute atomic E-state index is 9.65. The topological polar surface area (TPSA) is 52.6 Å². The van der Waals surface area contributed by atoms with Crippen LogP contribution in [0.2, 0.25) is 0 Å². The average Bonchev–Trinajstić information content (AvgIpc) is 1.89. The van der Waals surface area contributed by atoms with Crippen molar-refractivity contribution in [3.63, 3.8) is 0 Å². The molecule has 0 rings (SSSR count). The molecule has 7 heteroatoms. The Kier molecular flexibility index (Phi) is 19.1. The first-order chi connectivity index (χ1) is 4.54. The quantitative estimate of drug-likeness (QED) is 0.421. The van der Waals surface area contributed by atoms with E-state index >= 15 is 0 Å². The Morgan fingerprint density at radius 1 is 1.00 bits per heavy atom. The minimum atomic E-state index is -0.137. The van der Waals surface area contributed by atoms with E-state index in [1.54, 1.807) is 0 Å². The van der Waals surface area contributed by atoms with Gasteiger partial charge < -0.3 is 9.31 Å². The molecule has 0 aromatic carbocycles. The average molecular weight is 211 g/mol. The minimum absolute atomic E-state index is 0. The van der Waals surface area contributed by atoms with Gasteiger partial charge in [0.25, 0.3) is 11.9 Å². The monoisotopic (exact) mass is 210 g/mol. The zero-order valence-corrected chi connectivity index (χ0v) is 8.31. The number of carbonyl (C=O) groups is 2. The van der Waals surface area contributed by atoms with E-state index in [1.165, 1.54) is 13.8 Å². The Balaban J connectivity index is -0.000000107. The molecule has 0 saturated carbocycles. The van der Waals surface area contributed by atoms with Gasteiger partial charge in [0, 0.05) is 13.8 Å². The second-order valence-corrected chi connectivity index (χ2v) is 0.983. The summed E-state index contributed by atoms with van der Waals surface area (Å²) in [6, 6.07) is 0. The van der Waals surface area contributed by atoms with Gasteiger partial charge in [-0.1, -0.05) is 0 Å². The molecule has 0 bridgehead atoms. The first kappa shape index (κ1) is 17.0. The van der Waals surface area contributed by atoms with Gasteiger partial charge in [0.1, 0.15) is 16.1 Å². The summed E-state index contributed by atoms with van der Waals surface area (Å²) in [5.74, 6) is -0.269. The van der Waals surface area contributed by atoms with E-state index in [4.69, 9.17) is 0 Å². The SMILES string of the molecule is [BH3-]OC(C)=O.[BH3-]OC(C)=O.[Zn+2]. The fourth-order valence-electron chi connectivity index (χ4n) is 0. The van der Waals surface area contributed by atoms with Crippen molar-refractivity contribution >= 4 is 28.0 Å². The van der Waals surface area contributed by atoms with Crippen molar-refractivity contribution < 1.29 is 38.4 Å². The van der Waals surface area contributed by atoms with Crippen LogP contribution in [0.1, 0.15) is 13.8 Å². The van der Waals surface area contributed by atoms with Crippen LogP contribution in [0.15, 0.2) is 0 Å². The van der Waals surface area contributed by atoms with Crippen LogP contribution in [0.3, 0.4) is 0 Å². The van der Waals surface area contributed by atoms with Crippen molar-refractivity contribution in [3.05, 3.63) is 0 Å². The molecule has 0 aliphatic rings. The molecule has 0 aliphatic carbocycles. The Hall–Kier alpha value is -0.307. The van der Waals surface area contributed by atoms with E-state index in [2.05, 4.69) is 9.31 Å². The molecule has 0 spiro atoms. The van der Waals surface area contributed by atoms with Crippen molar-refractivity contribution in [3.8, 4) is 0 Å². The summed E-state index contributed by atoms with van der Waals surface area (Å²) in [6.45, 7) is 2.85. The molecule has 0 N–H and O–H groups in total. The summed E-state index contributed by atoms with van der Waals surface area (Å²) in [5, 5.41) is 0. The fraction of sp³-hybridized carbons (Fsp3) is 0.500. The Morgan fingerprint density at radius 2 is 1.09 bits per heavy atom. The first-order valence-corrected chi connectivity index (χ1v) is 1.82. The van der Waals surface area contributed by atoms with Crippen LogP contribution in [0, 0.1) is 0 Å². The predicted octanol–water partition coefficient (Wildman–Crippen LogP) is -2.34. The van der Waals surface area contributed by atoms with Gasteiger partial charge in [-0.2, -0.15) is 0 Å². The van der Waals surface area contributed by atoms with Gasteiger partial charge in [-0.15, -0.1) is 0 Å². The molecule has 0 fully saturated rings. The molecule has 0 atom stereocenters. The zero-order valence-electron chi connectivity index (χ0n) is 5.34. The van der Waals surface area contributed by atoms with Crippen molar-refractivity contribution in [2.75, 3.05) is 0 Å². The van der Waals surface area contributed by atoms with Crippen LogP contribution in [-0.4, -0.2) is 28.0 Å². The molecule has 4 nitrogen and oxygen atoms in total. The summed E-state index contributed by atoms with van der Waals surface area (Å²) in [7, 11) is -0.273. The molecule has 0 aromatic rings. The third-order valence-electron chi connectivity index (χ3n) is 0. The maximum Gasteiger partial charge on any atom is 2.00 e. The molecular formula is C4H12B2O4Zn. The summed E-state index contributed by atoms with van der Waals surface area (Å²) in [6.07, 6.45) is 0. The van der Waals surface area contributed by atoms with Crippen LogP contribution in [-0.2, 0) is 38.4 Å². The normalized spacial score (nSPS) is 6.18. The summed E-state index contributed by atoms with van der Waals surface area (Å²) in [5.41, 5.74) is 0. The third-order valence-corrected chi connectivity index (χ3v) is 0. The smallest absolute Gasteiger partial charge is 0.697 e. The standard InChI is InChI=1S/2C2H6BO2.Zn/c2*1-2(4)5-3;/h2*1,3H3;/q2*-1;+2. The molecule has 0 unspecified atom stereocenters. The van der Waals surface area contributed by atoms with Crippen LogP contribution >= 0.6 is 0 Å². The van der Waals surface area contributed by atoms with E-state index in [1.807, 2.05) is 0 Å². The van der Waals surface area contributed by atoms with Crippen LogP contribution in [0.25, 0.3) is 0 Å². The largest absolute Gasteiger partial charge is 2.00 e. The first-order valence-electron chi connectivity index (χ1n) is 1.82. The van der Waals surface area contributed by atoms with Gasteiger partial charge >= 0.3 is 19.5 Å². The molecule has 0 heterocycles. The van der Waals surface area contributed by atoms with Crippen molar-refractivity contribution in [1.29, 1.82) is 0 Å². The molecular weight excluding hydrogens is 199 g/mol. The Labute approximate surface area is 80.6 Å². The Bertz CT molecular complexity index is 105. The van der Waals surface area contributed by atoms with Crippen molar-refractivity contribution in [1.82, 2.24) is 0 Å². The molecule has 0 saturated heterocycles. The number of hydrogen-bond donors (Lipinski definition) is 0. The predicted molar refractivity (Wildman–Crippen MR) is 43.4 cm³/mol. The number of hydrogen-bond acceptors (Lipinski definition) is 4. The number of rotatable bonds is 0. The van der Waals surface area contributed by atoms with Crippen molar-refractivity contribution in [2.24, 2.45) is 0 Å². The van der Waals surface area contributed by atoms with E-state index in [0.29, 0.717) is 0 Å². The Morgan fingerprint density at radius 3 is 1.09 bits per heavy atom. The van der Waals surface area contributed by atoms with E-state index in [0.717, 1.165) is 0 Å². The van der Waals surface area contributed by atoms with E-state index in [9.17, 15) is 9.59 Å². The van der Waals surface area contributed by atoms with Crippen molar-refractivity contribution in [2.45, 2.75) is 13.8 Å². The fourth-order valence-corrected chi connectivity index (χ4v) is 0. The second-order valence-electron chi connectivity index (χ2n) is 0.983. The maximum atomic E-state index is 9.65. The van der Waals surface area contributed by atoms with Gasteiger partial charge in [0.2, 0.25) is 0 Å². The molecule has 0 amide bonds. The molecule has 0 aromatic heterocycles. The van der Waals surface area contributed by atoms with Gasteiger partial charge in [0.15, 0.2) is 0 Å². The molecule has 0 radical (unpaired) electrons. The van der Waals surface area contributed by atoms with E-state index < -0.39 is 0 Å². The molecule has 11 heavy (non-hydrogen) atoms. The van der Waals surface area contributed by atoms with Gasteiger partial charge in [-0.3, -0.25) is 9.59 Å². The number of carbonyl (C=O) groups excluding carboxylic acids is 2. The molecule has 0 aliphatic heterocycles. The minimum Gasteiger partial charge on any atom is -0.697 e. The van der Waals surface area contributed by atoms with Gasteiger partial charge in [-0.25, -0.2) is 0 Å². The van der Waals surface area contributed by atoms with Crippen LogP contribution < -0.4 is 0 Å². The second kappa shape index (κ2) is 12.4. The summed E-state index contributed by atoms with van der Waals surface area (Å²) in [4.78, 5) is 19.3. The van der Waals surface area contributed by atoms with E-state index in [-0.39, 0.29) is 47.5 Å². The summed E-state index contributed by atoms with van der Waals surface area (Å²) < 4.78 is 8.72. The van der Waals surface area contributed by atoms with Crippen LogP contribution in [0.4, 0.5) is 0 Å². The van der Waals surface area contributed by atoms with Gasteiger partial charge in [-0.05, 0) is 0 Å². The molecule has 60 valence electrons.